The number of nitrogens with zero attached hydrogens (tertiary/aromatic N) is 1. The van der Waals surface area contributed by atoms with Crippen molar-refractivity contribution in [3.63, 3.8) is 0 Å². The van der Waals surface area contributed by atoms with Gasteiger partial charge in [0.15, 0.2) is 0 Å². The summed E-state index contributed by atoms with van der Waals surface area (Å²) in [6.45, 7) is 1.17. The van der Waals surface area contributed by atoms with E-state index in [1.807, 2.05) is 0 Å². The number of carbonyl (C=O) groups excluding carboxylic acids is 2. The number of halogens is 1. The molecule has 1 N–H and O–H groups in total. The standard InChI is InChI=1S/C26H27FN2O6S2/c1-3-35-26(31)24-19-8-4-7-11-22(19)36-25(24)28-23(30)16-29(21-10-6-5-9-20(21)27)37(32,33)18-14-12-17(34-2)13-15-18/h5-6,9-10,12-15H,3-4,7-8,11,16H2,1-2H3,(H,28,30). The van der Waals surface area contributed by atoms with E-state index in [0.717, 1.165) is 40.1 Å². The Morgan fingerprint density at radius 3 is 2.46 bits per heavy atom. The molecule has 1 aliphatic carbocycles. The number of carbonyl (C=O) groups is 2. The maximum absolute atomic E-state index is 14.8. The summed E-state index contributed by atoms with van der Waals surface area (Å²) in [6, 6.07) is 10.9. The number of methoxy groups -OCH3 is 1. The highest BCUT2D eigenvalue weighted by atomic mass is 32.2. The van der Waals surface area contributed by atoms with Gasteiger partial charge in [0.2, 0.25) is 5.91 Å². The van der Waals surface area contributed by atoms with Gasteiger partial charge in [0, 0.05) is 4.88 Å². The highest BCUT2D eigenvalue weighted by Gasteiger charge is 2.31. The number of hydrogen-bond acceptors (Lipinski definition) is 7. The number of para-hydroxylation sites is 1. The van der Waals surface area contributed by atoms with E-state index >= 15 is 0 Å². The Kier molecular flexibility index (Phi) is 8.13. The van der Waals surface area contributed by atoms with Crippen molar-refractivity contribution >= 4 is 43.9 Å². The molecule has 4 rings (SSSR count). The van der Waals surface area contributed by atoms with Gasteiger partial charge >= 0.3 is 5.97 Å². The van der Waals surface area contributed by atoms with Crippen molar-refractivity contribution in [2.24, 2.45) is 0 Å². The van der Waals surface area contributed by atoms with Crippen LogP contribution in [0.2, 0.25) is 0 Å². The van der Waals surface area contributed by atoms with E-state index in [9.17, 15) is 22.4 Å². The van der Waals surface area contributed by atoms with E-state index < -0.39 is 34.3 Å². The van der Waals surface area contributed by atoms with Gasteiger partial charge in [0.1, 0.15) is 23.1 Å². The maximum Gasteiger partial charge on any atom is 0.341 e. The van der Waals surface area contributed by atoms with Crippen LogP contribution < -0.4 is 14.4 Å². The number of anilines is 2. The number of aryl methyl sites for hydroxylation is 1. The molecular weight excluding hydrogens is 519 g/mol. The van der Waals surface area contributed by atoms with E-state index in [-0.39, 0.29) is 17.2 Å². The number of esters is 1. The van der Waals surface area contributed by atoms with E-state index in [1.54, 1.807) is 6.92 Å². The minimum absolute atomic E-state index is 0.136. The SMILES string of the molecule is CCOC(=O)c1c(NC(=O)CN(c2ccccc2F)S(=O)(=O)c2ccc(OC)cc2)sc2c1CCCC2. The Labute approximate surface area is 219 Å². The summed E-state index contributed by atoms with van der Waals surface area (Å²) in [7, 11) is -2.89. The van der Waals surface area contributed by atoms with Crippen molar-refractivity contribution in [2.75, 3.05) is 29.9 Å². The maximum atomic E-state index is 14.8. The van der Waals surface area contributed by atoms with Crippen molar-refractivity contribution in [3.05, 3.63) is 70.4 Å². The normalized spacial score (nSPS) is 12.9. The zero-order valence-corrected chi connectivity index (χ0v) is 22.1. The lowest BCUT2D eigenvalue weighted by Crippen LogP contribution is -2.38. The Balaban J connectivity index is 1.68. The summed E-state index contributed by atoms with van der Waals surface area (Å²) in [6.07, 6.45) is 3.38. The molecule has 37 heavy (non-hydrogen) atoms. The lowest BCUT2D eigenvalue weighted by Gasteiger charge is -2.24. The molecule has 0 unspecified atom stereocenters. The van der Waals surface area contributed by atoms with Crippen LogP contribution in [0, 0.1) is 5.82 Å². The molecule has 0 radical (unpaired) electrons. The predicted octanol–water partition coefficient (Wildman–Crippen LogP) is 4.79. The van der Waals surface area contributed by atoms with Crippen molar-refractivity contribution in [3.8, 4) is 5.75 Å². The molecule has 1 aromatic heterocycles. The van der Waals surface area contributed by atoms with Crippen LogP contribution in [0.4, 0.5) is 15.1 Å². The molecule has 0 saturated carbocycles. The summed E-state index contributed by atoms with van der Waals surface area (Å²) < 4.78 is 52.9. The lowest BCUT2D eigenvalue weighted by molar-refractivity contribution is -0.114. The first-order valence-electron chi connectivity index (χ1n) is 11.8. The van der Waals surface area contributed by atoms with Crippen LogP contribution in [0.1, 0.15) is 40.6 Å². The highest BCUT2D eigenvalue weighted by Crippen LogP contribution is 2.39. The Morgan fingerprint density at radius 1 is 1.08 bits per heavy atom. The number of ether oxygens (including phenoxy) is 2. The molecule has 1 aliphatic rings. The number of fused-ring (bicyclic) bond motifs is 1. The third kappa shape index (κ3) is 5.62. The largest absolute Gasteiger partial charge is 0.497 e. The van der Waals surface area contributed by atoms with E-state index in [0.29, 0.717) is 22.7 Å². The fourth-order valence-corrected chi connectivity index (χ4v) is 6.92. The van der Waals surface area contributed by atoms with Crippen LogP contribution in [-0.4, -0.2) is 40.6 Å². The first-order valence-corrected chi connectivity index (χ1v) is 14.0. The summed E-state index contributed by atoms with van der Waals surface area (Å²) in [4.78, 5) is 26.8. The number of rotatable bonds is 9. The fraction of sp³-hybridized carbons (Fsp3) is 0.308. The second-order valence-corrected chi connectivity index (χ2v) is 11.3. The number of amides is 1. The molecule has 2 aromatic carbocycles. The van der Waals surface area contributed by atoms with Gasteiger partial charge in [-0.25, -0.2) is 17.6 Å². The molecule has 1 heterocycles. The van der Waals surface area contributed by atoms with Crippen LogP contribution >= 0.6 is 11.3 Å². The van der Waals surface area contributed by atoms with Crippen LogP contribution in [0.25, 0.3) is 0 Å². The van der Waals surface area contributed by atoms with Gasteiger partial charge in [-0.15, -0.1) is 11.3 Å². The Hall–Kier alpha value is -3.44. The zero-order chi connectivity index (χ0) is 26.6. The summed E-state index contributed by atoms with van der Waals surface area (Å²) in [5.74, 6) is -1.60. The summed E-state index contributed by atoms with van der Waals surface area (Å²) in [5, 5.41) is 3.01. The smallest absolute Gasteiger partial charge is 0.341 e. The molecule has 196 valence electrons. The summed E-state index contributed by atoms with van der Waals surface area (Å²) >= 11 is 1.29. The number of hydrogen-bond donors (Lipinski definition) is 1. The van der Waals surface area contributed by atoms with Gasteiger partial charge in [0.05, 0.1) is 29.9 Å². The van der Waals surface area contributed by atoms with Crippen LogP contribution in [0.3, 0.4) is 0 Å². The average molecular weight is 547 g/mol. The minimum atomic E-state index is -4.34. The number of benzene rings is 2. The van der Waals surface area contributed by atoms with E-state index in [4.69, 9.17) is 9.47 Å². The molecule has 0 spiro atoms. The van der Waals surface area contributed by atoms with Gasteiger partial charge in [-0.1, -0.05) is 12.1 Å². The second-order valence-electron chi connectivity index (χ2n) is 8.32. The van der Waals surface area contributed by atoms with Crippen molar-refractivity contribution in [1.29, 1.82) is 0 Å². The predicted molar refractivity (Wildman–Crippen MR) is 139 cm³/mol. The molecule has 3 aromatic rings. The zero-order valence-electron chi connectivity index (χ0n) is 20.5. The quantitative estimate of drug-likeness (QED) is 0.388. The van der Waals surface area contributed by atoms with E-state index in [2.05, 4.69) is 5.32 Å². The second kappa shape index (κ2) is 11.3. The first-order chi connectivity index (χ1) is 17.8. The van der Waals surface area contributed by atoms with Crippen molar-refractivity contribution in [1.82, 2.24) is 0 Å². The molecule has 0 atom stereocenters. The number of thiophene rings is 1. The molecule has 0 saturated heterocycles. The molecule has 0 fully saturated rings. The van der Waals surface area contributed by atoms with Gasteiger partial charge in [-0.2, -0.15) is 0 Å². The van der Waals surface area contributed by atoms with Crippen LogP contribution in [-0.2, 0) is 32.4 Å². The Morgan fingerprint density at radius 2 is 1.78 bits per heavy atom. The van der Waals surface area contributed by atoms with Crippen molar-refractivity contribution < 1.29 is 31.9 Å². The van der Waals surface area contributed by atoms with Gasteiger partial charge in [-0.3, -0.25) is 9.10 Å². The first kappa shape index (κ1) is 26.6. The van der Waals surface area contributed by atoms with Crippen molar-refractivity contribution in [2.45, 2.75) is 37.5 Å². The highest BCUT2D eigenvalue weighted by molar-refractivity contribution is 7.92. The summed E-state index contributed by atoms with van der Waals surface area (Å²) in [5.41, 5.74) is 0.900. The van der Waals surface area contributed by atoms with E-state index in [1.165, 1.54) is 60.9 Å². The molecule has 11 heteroatoms. The average Bonchev–Trinajstić information content (AvgIpc) is 3.25. The molecule has 0 aliphatic heterocycles. The minimum Gasteiger partial charge on any atom is -0.497 e. The van der Waals surface area contributed by atoms with Crippen LogP contribution in [0.5, 0.6) is 5.75 Å². The van der Waals surface area contributed by atoms with Gasteiger partial charge in [-0.05, 0) is 74.6 Å². The molecule has 8 nitrogen and oxygen atoms in total. The lowest BCUT2D eigenvalue weighted by atomic mass is 9.95. The molecule has 1 amide bonds. The Bertz CT molecular complexity index is 1400. The number of nitrogens with one attached hydrogen (secondary N) is 1. The third-order valence-electron chi connectivity index (χ3n) is 5.96. The van der Waals surface area contributed by atoms with Gasteiger partial charge < -0.3 is 14.8 Å². The third-order valence-corrected chi connectivity index (χ3v) is 8.94. The molecular formula is C26H27FN2O6S2. The monoisotopic (exact) mass is 546 g/mol. The van der Waals surface area contributed by atoms with Gasteiger partial charge in [0.25, 0.3) is 10.0 Å². The van der Waals surface area contributed by atoms with Crippen LogP contribution in [0.15, 0.2) is 53.4 Å². The topological polar surface area (TPSA) is 102 Å². The molecule has 0 bridgehead atoms. The fourth-order valence-electron chi connectivity index (χ4n) is 4.20. The number of sulfonamides is 1.